The van der Waals surface area contributed by atoms with Gasteiger partial charge in [-0.3, -0.25) is 4.90 Å². The number of nitrogens with one attached hydrogen (secondary N) is 1. The van der Waals surface area contributed by atoms with Crippen LogP contribution in [-0.2, 0) is 4.74 Å². The third-order valence-corrected chi connectivity index (χ3v) is 3.09. The van der Waals surface area contributed by atoms with Crippen LogP contribution in [0.4, 0.5) is 0 Å². The molecule has 3 heteroatoms. The molecule has 2 unspecified atom stereocenters. The zero-order valence-electron chi connectivity index (χ0n) is 10.5. The van der Waals surface area contributed by atoms with Gasteiger partial charge in [0.25, 0.3) is 0 Å². The van der Waals surface area contributed by atoms with Crippen LogP contribution >= 0.6 is 0 Å². The molecule has 0 aliphatic carbocycles. The Morgan fingerprint density at radius 3 is 3.00 bits per heavy atom. The molecule has 0 aromatic heterocycles. The maximum absolute atomic E-state index is 5.83. The molecule has 0 spiro atoms. The Morgan fingerprint density at radius 1 is 1.53 bits per heavy atom. The van der Waals surface area contributed by atoms with Crippen molar-refractivity contribution >= 4 is 0 Å². The molecule has 90 valence electrons. The summed E-state index contributed by atoms with van der Waals surface area (Å²) in [6.45, 7) is 8.79. The van der Waals surface area contributed by atoms with E-state index in [9.17, 15) is 0 Å². The standard InChI is InChI=1S/C12H26N2O/c1-4-8-15-12-6-5-7-14(10-12)11(2)9-13-3/h11-13H,4-10H2,1-3H3. The van der Waals surface area contributed by atoms with E-state index >= 15 is 0 Å². The molecule has 0 amide bonds. The van der Waals surface area contributed by atoms with Crippen molar-refractivity contribution in [1.82, 2.24) is 10.2 Å². The molecule has 1 fully saturated rings. The lowest BCUT2D eigenvalue weighted by molar-refractivity contribution is -0.00998. The number of likely N-dealkylation sites (N-methyl/N-ethyl adjacent to an activating group) is 1. The SMILES string of the molecule is CCCOC1CCCN(C(C)CNC)C1. The first-order valence-corrected chi connectivity index (χ1v) is 6.28. The van der Waals surface area contributed by atoms with E-state index in [0.717, 1.165) is 26.1 Å². The average molecular weight is 214 g/mol. The number of hydrogen-bond acceptors (Lipinski definition) is 3. The average Bonchev–Trinajstić information content (AvgIpc) is 2.27. The van der Waals surface area contributed by atoms with Crippen LogP contribution in [0.15, 0.2) is 0 Å². The van der Waals surface area contributed by atoms with Gasteiger partial charge in [0.1, 0.15) is 0 Å². The summed E-state index contributed by atoms with van der Waals surface area (Å²) in [5.74, 6) is 0. The highest BCUT2D eigenvalue weighted by atomic mass is 16.5. The van der Waals surface area contributed by atoms with Crippen molar-refractivity contribution in [2.24, 2.45) is 0 Å². The second kappa shape index (κ2) is 7.20. The van der Waals surface area contributed by atoms with Gasteiger partial charge in [-0.05, 0) is 39.8 Å². The molecule has 1 rings (SSSR count). The fraction of sp³-hybridized carbons (Fsp3) is 1.00. The molecule has 1 aliphatic heterocycles. The maximum Gasteiger partial charge on any atom is 0.0702 e. The van der Waals surface area contributed by atoms with Crippen LogP contribution in [0.3, 0.4) is 0 Å². The molecular formula is C12H26N2O. The van der Waals surface area contributed by atoms with E-state index in [1.54, 1.807) is 0 Å². The predicted octanol–water partition coefficient (Wildman–Crippen LogP) is 1.49. The van der Waals surface area contributed by atoms with E-state index in [2.05, 4.69) is 24.1 Å². The fourth-order valence-electron chi connectivity index (χ4n) is 2.21. The van der Waals surface area contributed by atoms with Gasteiger partial charge in [-0.2, -0.15) is 0 Å². The summed E-state index contributed by atoms with van der Waals surface area (Å²) in [4.78, 5) is 2.54. The van der Waals surface area contributed by atoms with Crippen LogP contribution in [0, 0.1) is 0 Å². The van der Waals surface area contributed by atoms with Gasteiger partial charge in [0.15, 0.2) is 0 Å². The normalized spacial score (nSPS) is 25.4. The van der Waals surface area contributed by atoms with Gasteiger partial charge in [0.2, 0.25) is 0 Å². The summed E-state index contributed by atoms with van der Waals surface area (Å²) in [5.41, 5.74) is 0. The number of rotatable bonds is 6. The van der Waals surface area contributed by atoms with Crippen molar-refractivity contribution in [3.63, 3.8) is 0 Å². The largest absolute Gasteiger partial charge is 0.377 e. The summed E-state index contributed by atoms with van der Waals surface area (Å²) in [6, 6.07) is 0.628. The minimum Gasteiger partial charge on any atom is -0.377 e. The summed E-state index contributed by atoms with van der Waals surface area (Å²) in [7, 11) is 2.02. The molecule has 15 heavy (non-hydrogen) atoms. The maximum atomic E-state index is 5.83. The van der Waals surface area contributed by atoms with E-state index < -0.39 is 0 Å². The smallest absolute Gasteiger partial charge is 0.0702 e. The first-order chi connectivity index (χ1) is 7.27. The Kier molecular flexibility index (Phi) is 6.22. The van der Waals surface area contributed by atoms with E-state index in [1.807, 2.05) is 7.05 Å². The Morgan fingerprint density at radius 2 is 2.33 bits per heavy atom. The highest BCUT2D eigenvalue weighted by Crippen LogP contribution is 2.15. The molecule has 3 nitrogen and oxygen atoms in total. The molecule has 0 radical (unpaired) electrons. The van der Waals surface area contributed by atoms with Gasteiger partial charge in [-0.25, -0.2) is 0 Å². The monoisotopic (exact) mass is 214 g/mol. The summed E-state index contributed by atoms with van der Waals surface area (Å²) in [6.07, 6.45) is 4.12. The molecular weight excluding hydrogens is 188 g/mol. The molecule has 2 atom stereocenters. The van der Waals surface area contributed by atoms with Gasteiger partial charge in [-0.1, -0.05) is 6.92 Å². The Bertz CT molecular complexity index is 164. The lowest BCUT2D eigenvalue weighted by Gasteiger charge is -2.36. The topological polar surface area (TPSA) is 24.5 Å². The van der Waals surface area contributed by atoms with E-state index in [4.69, 9.17) is 4.74 Å². The molecule has 0 aromatic rings. The van der Waals surface area contributed by atoms with Gasteiger partial charge < -0.3 is 10.1 Å². The number of hydrogen-bond donors (Lipinski definition) is 1. The third-order valence-electron chi connectivity index (χ3n) is 3.09. The summed E-state index contributed by atoms with van der Waals surface area (Å²) >= 11 is 0. The number of nitrogens with zero attached hydrogens (tertiary/aromatic N) is 1. The van der Waals surface area contributed by atoms with Gasteiger partial charge in [-0.15, -0.1) is 0 Å². The zero-order chi connectivity index (χ0) is 11.1. The number of piperidine rings is 1. The second-order valence-electron chi connectivity index (χ2n) is 4.54. The van der Waals surface area contributed by atoms with Gasteiger partial charge >= 0.3 is 0 Å². The van der Waals surface area contributed by atoms with Crippen molar-refractivity contribution in [2.75, 3.05) is 33.3 Å². The molecule has 1 saturated heterocycles. The van der Waals surface area contributed by atoms with Crippen molar-refractivity contribution in [3.8, 4) is 0 Å². The van der Waals surface area contributed by atoms with Gasteiger partial charge in [0.05, 0.1) is 6.10 Å². The fourth-order valence-corrected chi connectivity index (χ4v) is 2.21. The van der Waals surface area contributed by atoms with Crippen molar-refractivity contribution in [1.29, 1.82) is 0 Å². The lowest BCUT2D eigenvalue weighted by atomic mass is 10.1. The zero-order valence-corrected chi connectivity index (χ0v) is 10.5. The van der Waals surface area contributed by atoms with Crippen LogP contribution in [0.2, 0.25) is 0 Å². The van der Waals surface area contributed by atoms with Crippen LogP contribution in [0.5, 0.6) is 0 Å². The van der Waals surface area contributed by atoms with Crippen molar-refractivity contribution in [3.05, 3.63) is 0 Å². The quantitative estimate of drug-likeness (QED) is 0.725. The predicted molar refractivity (Wildman–Crippen MR) is 64.2 cm³/mol. The number of likely N-dealkylation sites (tertiary alicyclic amines) is 1. The minimum atomic E-state index is 0.470. The highest BCUT2D eigenvalue weighted by molar-refractivity contribution is 4.78. The second-order valence-corrected chi connectivity index (χ2v) is 4.54. The first kappa shape index (κ1) is 12.9. The molecule has 1 N–H and O–H groups in total. The lowest BCUT2D eigenvalue weighted by Crippen LogP contribution is -2.47. The molecule has 1 aliphatic rings. The molecule has 0 aromatic carbocycles. The highest BCUT2D eigenvalue weighted by Gasteiger charge is 2.23. The van der Waals surface area contributed by atoms with Crippen molar-refractivity contribution in [2.45, 2.75) is 45.3 Å². The number of ether oxygens (including phenoxy) is 1. The van der Waals surface area contributed by atoms with E-state index in [1.165, 1.54) is 19.4 Å². The Labute approximate surface area is 94.2 Å². The molecule has 0 saturated carbocycles. The summed E-state index contributed by atoms with van der Waals surface area (Å²) in [5, 5.41) is 3.24. The third kappa shape index (κ3) is 4.49. The Hall–Kier alpha value is -0.120. The first-order valence-electron chi connectivity index (χ1n) is 6.28. The van der Waals surface area contributed by atoms with E-state index in [0.29, 0.717) is 12.1 Å². The molecule has 1 heterocycles. The van der Waals surface area contributed by atoms with Crippen LogP contribution < -0.4 is 5.32 Å². The van der Waals surface area contributed by atoms with Crippen LogP contribution in [-0.4, -0.2) is 50.3 Å². The summed E-state index contributed by atoms with van der Waals surface area (Å²) < 4.78 is 5.83. The van der Waals surface area contributed by atoms with Gasteiger partial charge in [0, 0.05) is 25.7 Å². The minimum absolute atomic E-state index is 0.470. The van der Waals surface area contributed by atoms with Crippen LogP contribution in [0.1, 0.15) is 33.1 Å². The Balaban J connectivity index is 2.28. The molecule has 0 bridgehead atoms. The van der Waals surface area contributed by atoms with Crippen molar-refractivity contribution < 1.29 is 4.74 Å². The van der Waals surface area contributed by atoms with Crippen LogP contribution in [0.25, 0.3) is 0 Å². The van der Waals surface area contributed by atoms with E-state index in [-0.39, 0.29) is 0 Å².